The SMILES string of the molecule is O=C(Nc1ccc2oc(-c3ccnc(C(=O)N4CCN(C(c5ccccc5)c5nnn(C6CC6)n5)CC4)c3)nc2c1)C1CC1F. The molecule has 2 saturated carbocycles. The van der Waals surface area contributed by atoms with Crippen LogP contribution >= 0.6 is 0 Å². The van der Waals surface area contributed by atoms with E-state index in [-0.39, 0.29) is 24.3 Å². The van der Waals surface area contributed by atoms with Crippen LogP contribution in [0, 0.1) is 5.92 Å². The lowest BCUT2D eigenvalue weighted by molar-refractivity contribution is -0.117. The summed E-state index contributed by atoms with van der Waals surface area (Å²) in [4.78, 5) is 40.5. The lowest BCUT2D eigenvalue weighted by atomic mass is 10.0. The van der Waals surface area contributed by atoms with Crippen molar-refractivity contribution in [3.05, 3.63) is 83.9 Å². The molecule has 4 heterocycles. The van der Waals surface area contributed by atoms with Crippen molar-refractivity contribution in [1.82, 2.24) is 40.0 Å². The zero-order valence-electron chi connectivity index (χ0n) is 24.3. The predicted molar refractivity (Wildman–Crippen MR) is 161 cm³/mol. The Morgan fingerprint density at radius 3 is 2.56 bits per heavy atom. The van der Waals surface area contributed by atoms with Crippen LogP contribution in [0.1, 0.15) is 53.2 Å². The fraction of sp³-hybridized carbons (Fsp3) is 0.344. The maximum Gasteiger partial charge on any atom is 0.272 e. The van der Waals surface area contributed by atoms with Gasteiger partial charge in [0.1, 0.15) is 17.4 Å². The molecule has 3 aliphatic rings. The first-order chi connectivity index (χ1) is 22.0. The van der Waals surface area contributed by atoms with Gasteiger partial charge >= 0.3 is 0 Å². The molecule has 0 radical (unpaired) electrons. The molecular weight excluding hydrogens is 577 g/mol. The maximum absolute atomic E-state index is 13.6. The molecule has 3 unspecified atom stereocenters. The number of carbonyl (C=O) groups is 2. The van der Waals surface area contributed by atoms with Crippen molar-refractivity contribution in [2.45, 2.75) is 37.5 Å². The molecule has 0 spiro atoms. The first kappa shape index (κ1) is 27.5. The molecule has 3 aromatic heterocycles. The van der Waals surface area contributed by atoms with Crippen LogP contribution in [-0.4, -0.2) is 84.1 Å². The van der Waals surface area contributed by atoms with Crippen molar-refractivity contribution in [1.29, 1.82) is 0 Å². The van der Waals surface area contributed by atoms with Crippen LogP contribution in [0.5, 0.6) is 0 Å². The molecule has 3 fully saturated rings. The Labute approximate surface area is 257 Å². The molecule has 2 amide bonds. The van der Waals surface area contributed by atoms with Crippen molar-refractivity contribution in [3.63, 3.8) is 0 Å². The van der Waals surface area contributed by atoms with Gasteiger partial charge in [-0.2, -0.15) is 4.80 Å². The molecule has 0 bridgehead atoms. The Morgan fingerprint density at radius 1 is 1.00 bits per heavy atom. The number of aromatic nitrogens is 6. The van der Waals surface area contributed by atoms with E-state index in [0.29, 0.717) is 72.0 Å². The predicted octanol–water partition coefficient (Wildman–Crippen LogP) is 4.06. The van der Waals surface area contributed by atoms with Gasteiger partial charge in [0.15, 0.2) is 11.4 Å². The minimum Gasteiger partial charge on any atom is -0.436 e. The molecule has 3 atom stereocenters. The second-order valence-corrected chi connectivity index (χ2v) is 11.8. The highest BCUT2D eigenvalue weighted by Crippen LogP contribution is 2.36. The number of halogens is 1. The maximum atomic E-state index is 13.6. The van der Waals surface area contributed by atoms with Gasteiger partial charge in [-0.25, -0.2) is 9.37 Å². The Bertz CT molecular complexity index is 1880. The Kier molecular flexibility index (Phi) is 6.81. The molecule has 1 aliphatic heterocycles. The zero-order valence-corrected chi connectivity index (χ0v) is 24.3. The normalized spacial score (nSPS) is 20.7. The topological polar surface area (TPSA) is 135 Å². The number of benzene rings is 2. The number of amides is 2. The van der Waals surface area contributed by atoms with E-state index in [1.807, 2.05) is 23.1 Å². The number of hydrogen-bond donors (Lipinski definition) is 1. The van der Waals surface area contributed by atoms with Crippen LogP contribution < -0.4 is 5.32 Å². The lowest BCUT2D eigenvalue weighted by Crippen LogP contribution is -2.50. The second-order valence-electron chi connectivity index (χ2n) is 11.8. The van der Waals surface area contributed by atoms with E-state index in [9.17, 15) is 14.0 Å². The van der Waals surface area contributed by atoms with Gasteiger partial charge in [0.2, 0.25) is 11.8 Å². The van der Waals surface area contributed by atoms with E-state index in [2.05, 4.69) is 42.6 Å². The van der Waals surface area contributed by atoms with Crippen LogP contribution in [0.3, 0.4) is 0 Å². The highest BCUT2D eigenvalue weighted by atomic mass is 19.1. The Morgan fingerprint density at radius 2 is 1.80 bits per heavy atom. The number of fused-ring (bicyclic) bond motifs is 1. The van der Waals surface area contributed by atoms with Gasteiger partial charge in [-0.1, -0.05) is 30.3 Å². The first-order valence-electron chi connectivity index (χ1n) is 15.2. The molecule has 5 aromatic rings. The number of anilines is 1. The summed E-state index contributed by atoms with van der Waals surface area (Å²) >= 11 is 0. The van der Waals surface area contributed by atoms with Crippen LogP contribution in [0.25, 0.3) is 22.6 Å². The molecule has 8 rings (SSSR count). The molecule has 45 heavy (non-hydrogen) atoms. The molecule has 12 nitrogen and oxygen atoms in total. The number of alkyl halides is 1. The standard InChI is InChI=1S/C32H30FN9O3/c33-24-18-23(24)30(43)35-21-6-9-27-25(17-21)36-31(45-27)20-10-11-34-26(16-20)32(44)41-14-12-40(13-15-41)28(19-4-2-1-3-5-19)29-37-39-42(38-29)22-7-8-22/h1-6,9-11,16-17,22-24,28H,7-8,12-15,18H2,(H,35,43). The highest BCUT2D eigenvalue weighted by Gasteiger charge is 2.43. The molecule has 2 aliphatic carbocycles. The summed E-state index contributed by atoms with van der Waals surface area (Å²) in [5.74, 6) is -0.0829. The molecule has 2 aromatic carbocycles. The van der Waals surface area contributed by atoms with Crippen molar-refractivity contribution in [2.75, 3.05) is 31.5 Å². The van der Waals surface area contributed by atoms with E-state index >= 15 is 0 Å². The number of piperazine rings is 1. The van der Waals surface area contributed by atoms with Crippen LogP contribution in [0.15, 0.2) is 71.3 Å². The van der Waals surface area contributed by atoms with Crippen molar-refractivity contribution >= 4 is 28.6 Å². The Hall–Kier alpha value is -5.04. The third-order valence-electron chi connectivity index (χ3n) is 8.57. The second kappa shape index (κ2) is 11.1. The van der Waals surface area contributed by atoms with Gasteiger partial charge < -0.3 is 14.6 Å². The number of rotatable bonds is 8. The fourth-order valence-electron chi connectivity index (χ4n) is 5.79. The van der Waals surface area contributed by atoms with Gasteiger partial charge in [-0.05, 0) is 60.4 Å². The van der Waals surface area contributed by atoms with E-state index in [1.165, 1.54) is 0 Å². The van der Waals surface area contributed by atoms with Gasteiger partial charge in [0.25, 0.3) is 5.91 Å². The average molecular weight is 608 g/mol. The number of carbonyl (C=O) groups excluding carboxylic acids is 2. The molecule has 228 valence electrons. The van der Waals surface area contributed by atoms with E-state index in [1.54, 1.807) is 41.3 Å². The van der Waals surface area contributed by atoms with E-state index in [4.69, 9.17) is 9.52 Å². The fourth-order valence-corrected chi connectivity index (χ4v) is 5.79. The highest BCUT2D eigenvalue weighted by molar-refractivity contribution is 5.96. The number of tetrazole rings is 1. The number of nitrogens with zero attached hydrogens (tertiary/aromatic N) is 8. The van der Waals surface area contributed by atoms with Crippen LogP contribution in [-0.2, 0) is 4.79 Å². The molecule has 13 heteroatoms. The Balaban J connectivity index is 0.961. The van der Waals surface area contributed by atoms with Crippen molar-refractivity contribution in [2.24, 2.45) is 5.92 Å². The smallest absolute Gasteiger partial charge is 0.272 e. The first-order valence-corrected chi connectivity index (χ1v) is 15.2. The van der Waals surface area contributed by atoms with Crippen molar-refractivity contribution < 1.29 is 18.4 Å². The van der Waals surface area contributed by atoms with Gasteiger partial charge in [0.05, 0.1) is 18.0 Å². The van der Waals surface area contributed by atoms with Gasteiger partial charge in [0, 0.05) is 43.6 Å². The minimum absolute atomic E-state index is 0.153. The van der Waals surface area contributed by atoms with E-state index < -0.39 is 12.1 Å². The minimum atomic E-state index is -1.07. The number of hydrogen-bond acceptors (Lipinski definition) is 9. The summed E-state index contributed by atoms with van der Waals surface area (Å²) in [6, 6.07) is 18.9. The zero-order chi connectivity index (χ0) is 30.5. The largest absolute Gasteiger partial charge is 0.436 e. The summed E-state index contributed by atoms with van der Waals surface area (Å²) in [7, 11) is 0. The van der Waals surface area contributed by atoms with Gasteiger partial charge in [-0.3, -0.25) is 19.5 Å². The summed E-state index contributed by atoms with van der Waals surface area (Å²) in [6.07, 6.45) is 2.93. The van der Waals surface area contributed by atoms with Gasteiger partial charge in [-0.15, -0.1) is 10.2 Å². The summed E-state index contributed by atoms with van der Waals surface area (Å²) in [6.45, 7) is 2.32. The van der Waals surface area contributed by atoms with E-state index in [0.717, 1.165) is 18.4 Å². The molecule has 1 saturated heterocycles. The quantitative estimate of drug-likeness (QED) is 0.277. The molecule has 1 N–H and O–H groups in total. The third-order valence-corrected chi connectivity index (χ3v) is 8.57. The summed E-state index contributed by atoms with van der Waals surface area (Å²) in [5, 5.41) is 16.2. The van der Waals surface area contributed by atoms with Crippen molar-refractivity contribution in [3.8, 4) is 11.5 Å². The van der Waals surface area contributed by atoms with Crippen LogP contribution in [0.4, 0.5) is 10.1 Å². The number of nitrogens with one attached hydrogen (secondary N) is 1. The number of oxazole rings is 1. The number of pyridine rings is 1. The summed E-state index contributed by atoms with van der Waals surface area (Å²) in [5.41, 5.74) is 3.59. The monoisotopic (exact) mass is 607 g/mol. The lowest BCUT2D eigenvalue weighted by Gasteiger charge is -2.38. The third kappa shape index (κ3) is 5.55. The molecular formula is C32H30FN9O3. The summed E-state index contributed by atoms with van der Waals surface area (Å²) < 4.78 is 19.2. The van der Waals surface area contributed by atoms with Crippen LogP contribution in [0.2, 0.25) is 0 Å². The average Bonchev–Trinajstić information content (AvgIpc) is 3.96.